The number of hydrogen-bond acceptors (Lipinski definition) is 1. The van der Waals surface area contributed by atoms with Crippen molar-refractivity contribution < 1.29 is 0 Å². The van der Waals surface area contributed by atoms with Crippen LogP contribution in [0.4, 0.5) is 0 Å². The molecule has 0 unspecified atom stereocenters. The monoisotopic (exact) mass is 163 g/mol. The van der Waals surface area contributed by atoms with Crippen molar-refractivity contribution in [1.29, 1.82) is 5.26 Å². The van der Waals surface area contributed by atoms with E-state index in [9.17, 15) is 0 Å². The van der Waals surface area contributed by atoms with Gasteiger partial charge in [-0.3, -0.25) is 0 Å². The molecule has 1 saturated carbocycles. The number of rotatable bonds is 2. The number of hydrogen-bond donors (Lipinski definition) is 0. The van der Waals surface area contributed by atoms with Crippen LogP contribution in [0.3, 0.4) is 0 Å². The van der Waals surface area contributed by atoms with Gasteiger partial charge in [-0.2, -0.15) is 5.26 Å². The fraction of sp³-hybridized carbons (Fsp3) is 0.833. The van der Waals surface area contributed by atoms with Crippen LogP contribution in [0.2, 0.25) is 0 Å². The molecule has 3 heteroatoms. The first-order valence-corrected chi connectivity index (χ1v) is 3.67. The van der Waals surface area contributed by atoms with Gasteiger partial charge >= 0.3 is 0 Å². The fourth-order valence-corrected chi connectivity index (χ4v) is 1.41. The van der Waals surface area contributed by atoms with Gasteiger partial charge in [-0.05, 0) is 18.8 Å². The molecule has 0 heterocycles. The zero-order valence-electron chi connectivity index (χ0n) is 4.90. The average Bonchev–Trinajstić information content (AvgIpc) is 2.35. The maximum absolute atomic E-state index is 8.18. The van der Waals surface area contributed by atoms with Crippen LogP contribution in [-0.4, -0.2) is 4.33 Å². The highest BCUT2D eigenvalue weighted by molar-refractivity contribution is 6.50. The summed E-state index contributed by atoms with van der Waals surface area (Å²) in [5, 5.41) is 8.18. The molecule has 1 fully saturated rings. The minimum absolute atomic E-state index is 0.375. The predicted molar refractivity (Wildman–Crippen MR) is 37.4 cm³/mol. The maximum Gasteiger partial charge on any atom is 0.121 e. The van der Waals surface area contributed by atoms with Crippen LogP contribution in [0, 0.1) is 17.2 Å². The molecule has 0 aromatic heterocycles. The summed E-state index contributed by atoms with van der Waals surface area (Å²) in [4.78, 5) is 0. The summed E-state index contributed by atoms with van der Waals surface area (Å²) in [6.07, 6.45) is 2.28. The lowest BCUT2D eigenvalue weighted by Gasteiger charge is -1.92. The van der Waals surface area contributed by atoms with Gasteiger partial charge in [0.25, 0.3) is 0 Å². The first-order valence-electron chi connectivity index (χ1n) is 2.91. The van der Waals surface area contributed by atoms with Crippen molar-refractivity contribution in [2.24, 2.45) is 5.92 Å². The summed E-state index contributed by atoms with van der Waals surface area (Å²) in [6.45, 7) is 0. The van der Waals surface area contributed by atoms with Crippen LogP contribution in [0.1, 0.15) is 19.3 Å². The lowest BCUT2D eigenvalue weighted by atomic mass is 10.2. The van der Waals surface area contributed by atoms with Crippen LogP contribution in [0.15, 0.2) is 0 Å². The van der Waals surface area contributed by atoms with Gasteiger partial charge in [0, 0.05) is 6.42 Å². The molecule has 9 heavy (non-hydrogen) atoms. The van der Waals surface area contributed by atoms with E-state index in [4.69, 9.17) is 28.5 Å². The summed E-state index contributed by atoms with van der Waals surface area (Å²) in [5.41, 5.74) is 0. The Bertz CT molecular complexity index is 148. The van der Waals surface area contributed by atoms with Crippen molar-refractivity contribution >= 4 is 23.2 Å². The van der Waals surface area contributed by atoms with Crippen molar-refractivity contribution in [3.8, 4) is 6.07 Å². The molecule has 0 amide bonds. The number of nitrogens with zero attached hydrogens (tertiary/aromatic N) is 1. The molecule has 0 saturated heterocycles. The van der Waals surface area contributed by atoms with Gasteiger partial charge in [-0.1, -0.05) is 0 Å². The van der Waals surface area contributed by atoms with Crippen molar-refractivity contribution in [2.45, 2.75) is 23.6 Å². The zero-order valence-corrected chi connectivity index (χ0v) is 6.41. The molecule has 0 aromatic rings. The molecule has 0 bridgehead atoms. The van der Waals surface area contributed by atoms with Crippen molar-refractivity contribution in [3.63, 3.8) is 0 Å². The molecule has 0 radical (unpaired) electrons. The van der Waals surface area contributed by atoms with Gasteiger partial charge in [0.15, 0.2) is 0 Å². The van der Waals surface area contributed by atoms with Crippen molar-refractivity contribution in [1.82, 2.24) is 0 Å². The fourth-order valence-electron chi connectivity index (χ4n) is 0.822. The Balaban J connectivity index is 2.14. The van der Waals surface area contributed by atoms with Gasteiger partial charge in [-0.15, -0.1) is 23.2 Å². The van der Waals surface area contributed by atoms with Gasteiger partial charge in [0.2, 0.25) is 0 Å². The first-order chi connectivity index (χ1) is 4.17. The normalized spacial score (nSPS) is 29.2. The summed E-state index contributed by atoms with van der Waals surface area (Å²) < 4.78 is -0.489. The molecule has 0 aromatic carbocycles. The van der Waals surface area contributed by atoms with Crippen molar-refractivity contribution in [3.05, 3.63) is 0 Å². The quantitative estimate of drug-likeness (QED) is 0.575. The Kier molecular flexibility index (Phi) is 1.88. The minimum atomic E-state index is -0.489. The Morgan fingerprint density at radius 1 is 1.67 bits per heavy atom. The van der Waals surface area contributed by atoms with E-state index in [1.54, 1.807) is 0 Å². The molecule has 1 rings (SSSR count). The predicted octanol–water partition coefficient (Wildman–Crippen LogP) is 2.48. The van der Waals surface area contributed by atoms with E-state index in [2.05, 4.69) is 6.07 Å². The Labute approximate surface area is 64.6 Å². The summed E-state index contributed by atoms with van der Waals surface area (Å²) in [6, 6.07) is 2.06. The van der Waals surface area contributed by atoms with Crippen LogP contribution in [0.25, 0.3) is 0 Å². The maximum atomic E-state index is 8.18. The molecule has 1 aliphatic rings. The number of halogens is 2. The molecular formula is C6H7Cl2N. The Morgan fingerprint density at radius 2 is 2.22 bits per heavy atom. The Morgan fingerprint density at radius 3 is 2.56 bits per heavy atom. The Hall–Kier alpha value is 0.0700. The van der Waals surface area contributed by atoms with E-state index < -0.39 is 4.33 Å². The number of alkyl halides is 2. The third-order valence-corrected chi connectivity index (χ3v) is 2.49. The topological polar surface area (TPSA) is 23.8 Å². The molecular weight excluding hydrogens is 157 g/mol. The standard InChI is InChI=1S/C6H7Cl2N/c7-6(8)4-5(6)2-1-3-9/h5H,1-2,4H2/t5-/m0/s1. The van der Waals surface area contributed by atoms with E-state index >= 15 is 0 Å². The van der Waals surface area contributed by atoms with E-state index in [1.807, 2.05) is 0 Å². The van der Waals surface area contributed by atoms with Crippen molar-refractivity contribution in [2.75, 3.05) is 0 Å². The first kappa shape index (κ1) is 7.18. The van der Waals surface area contributed by atoms with E-state index in [0.29, 0.717) is 12.3 Å². The SMILES string of the molecule is N#CCC[C@H]1CC1(Cl)Cl. The van der Waals surface area contributed by atoms with Gasteiger partial charge in [0.05, 0.1) is 6.07 Å². The number of nitriles is 1. The molecule has 1 aliphatic carbocycles. The molecule has 0 aliphatic heterocycles. The highest BCUT2D eigenvalue weighted by Gasteiger charge is 2.50. The smallest absolute Gasteiger partial charge is 0.121 e. The molecule has 1 nitrogen and oxygen atoms in total. The largest absolute Gasteiger partial charge is 0.198 e. The lowest BCUT2D eigenvalue weighted by Crippen LogP contribution is -1.88. The zero-order chi connectivity index (χ0) is 6.91. The summed E-state index contributed by atoms with van der Waals surface area (Å²) in [5.74, 6) is 0.375. The second kappa shape index (κ2) is 2.36. The highest BCUT2D eigenvalue weighted by Crippen LogP contribution is 2.55. The molecule has 0 N–H and O–H groups in total. The molecule has 50 valence electrons. The second-order valence-corrected chi connectivity index (χ2v) is 3.90. The molecule has 1 atom stereocenters. The lowest BCUT2D eigenvalue weighted by molar-refractivity contribution is 0.739. The van der Waals surface area contributed by atoms with Crippen LogP contribution in [-0.2, 0) is 0 Å². The van der Waals surface area contributed by atoms with E-state index in [0.717, 1.165) is 12.8 Å². The van der Waals surface area contributed by atoms with Crippen LogP contribution < -0.4 is 0 Å². The molecule has 0 spiro atoms. The summed E-state index contributed by atoms with van der Waals surface area (Å²) in [7, 11) is 0. The van der Waals surface area contributed by atoms with E-state index in [1.165, 1.54) is 0 Å². The van der Waals surface area contributed by atoms with Gasteiger partial charge < -0.3 is 0 Å². The van der Waals surface area contributed by atoms with Crippen LogP contribution in [0.5, 0.6) is 0 Å². The third kappa shape index (κ3) is 1.74. The third-order valence-electron chi connectivity index (χ3n) is 1.56. The van der Waals surface area contributed by atoms with Gasteiger partial charge in [-0.25, -0.2) is 0 Å². The average molecular weight is 164 g/mol. The summed E-state index contributed by atoms with van der Waals surface area (Å²) >= 11 is 11.4. The van der Waals surface area contributed by atoms with E-state index in [-0.39, 0.29) is 0 Å². The second-order valence-electron chi connectivity index (χ2n) is 2.36. The minimum Gasteiger partial charge on any atom is -0.198 e. The van der Waals surface area contributed by atoms with Crippen LogP contribution >= 0.6 is 23.2 Å². The van der Waals surface area contributed by atoms with Gasteiger partial charge in [0.1, 0.15) is 4.33 Å². The highest BCUT2D eigenvalue weighted by atomic mass is 35.5.